The number of phenols is 1. The number of rotatable bonds is 3. The Morgan fingerprint density at radius 2 is 1.96 bits per heavy atom. The van der Waals surface area contributed by atoms with Crippen molar-refractivity contribution in [3.05, 3.63) is 59.7 Å². The zero-order chi connectivity index (χ0) is 16.4. The molecular formula is C16H12FN3O3. The number of carbonyl (C=O) groups excluding carboxylic acids is 1. The van der Waals surface area contributed by atoms with Crippen LogP contribution in [-0.4, -0.2) is 21.2 Å². The fourth-order valence-electron chi connectivity index (χ4n) is 1.98. The summed E-state index contributed by atoms with van der Waals surface area (Å²) < 4.78 is 18.2. The van der Waals surface area contributed by atoms with Gasteiger partial charge in [-0.05, 0) is 43.3 Å². The number of hydrogen-bond donors (Lipinski definition) is 2. The molecule has 0 atom stereocenters. The molecule has 2 aromatic carbocycles. The van der Waals surface area contributed by atoms with Gasteiger partial charge in [0.1, 0.15) is 11.6 Å². The van der Waals surface area contributed by atoms with Crippen molar-refractivity contribution in [3.8, 4) is 17.2 Å². The van der Waals surface area contributed by atoms with Crippen LogP contribution in [0.5, 0.6) is 5.75 Å². The van der Waals surface area contributed by atoms with E-state index in [-0.39, 0.29) is 11.4 Å². The highest BCUT2D eigenvalue weighted by molar-refractivity contribution is 6.05. The van der Waals surface area contributed by atoms with Gasteiger partial charge < -0.3 is 14.9 Å². The smallest absolute Gasteiger partial charge is 0.257 e. The third kappa shape index (κ3) is 3.18. The number of benzene rings is 2. The number of aromatic hydroxyl groups is 1. The second kappa shape index (κ2) is 5.88. The lowest BCUT2D eigenvalue weighted by atomic mass is 10.1. The topological polar surface area (TPSA) is 88.2 Å². The molecule has 0 aliphatic carbocycles. The molecule has 0 aliphatic rings. The van der Waals surface area contributed by atoms with Gasteiger partial charge in [-0.25, -0.2) is 4.39 Å². The van der Waals surface area contributed by atoms with E-state index in [1.54, 1.807) is 31.2 Å². The fourth-order valence-corrected chi connectivity index (χ4v) is 1.98. The molecule has 0 aliphatic heterocycles. The van der Waals surface area contributed by atoms with Gasteiger partial charge in [0.05, 0.1) is 5.69 Å². The van der Waals surface area contributed by atoms with E-state index >= 15 is 0 Å². The predicted molar refractivity (Wildman–Crippen MR) is 80.5 cm³/mol. The average molecular weight is 313 g/mol. The minimum atomic E-state index is -0.555. The summed E-state index contributed by atoms with van der Waals surface area (Å²) in [4.78, 5) is 16.2. The molecule has 0 unspecified atom stereocenters. The summed E-state index contributed by atoms with van der Waals surface area (Å²) in [6.07, 6.45) is 0. The average Bonchev–Trinajstić information content (AvgIpc) is 2.97. The van der Waals surface area contributed by atoms with Gasteiger partial charge in [-0.1, -0.05) is 5.16 Å². The van der Waals surface area contributed by atoms with Crippen LogP contribution in [0.4, 0.5) is 10.1 Å². The highest BCUT2D eigenvalue weighted by atomic mass is 19.1. The molecule has 1 amide bonds. The number of amides is 1. The van der Waals surface area contributed by atoms with E-state index in [1.165, 1.54) is 6.07 Å². The molecule has 0 saturated heterocycles. The molecule has 3 aromatic rings. The number of aromatic nitrogens is 2. The molecule has 0 spiro atoms. The van der Waals surface area contributed by atoms with Crippen LogP contribution in [0.3, 0.4) is 0 Å². The molecule has 23 heavy (non-hydrogen) atoms. The second-order valence-electron chi connectivity index (χ2n) is 4.84. The zero-order valence-electron chi connectivity index (χ0n) is 12.1. The molecule has 3 rings (SSSR count). The van der Waals surface area contributed by atoms with Gasteiger partial charge in [-0.3, -0.25) is 4.79 Å². The number of carbonyl (C=O) groups is 1. The van der Waals surface area contributed by atoms with E-state index in [0.29, 0.717) is 22.8 Å². The van der Waals surface area contributed by atoms with Crippen molar-refractivity contribution in [2.24, 2.45) is 0 Å². The van der Waals surface area contributed by atoms with E-state index in [0.717, 1.165) is 12.1 Å². The number of aryl methyl sites for hydroxylation is 1. The maximum absolute atomic E-state index is 13.2. The first-order valence-electron chi connectivity index (χ1n) is 6.73. The number of nitrogens with one attached hydrogen (secondary N) is 1. The van der Waals surface area contributed by atoms with Gasteiger partial charge in [-0.15, -0.1) is 0 Å². The number of nitrogens with zero attached hydrogens (tertiary/aromatic N) is 2. The molecule has 0 saturated carbocycles. The Kier molecular flexibility index (Phi) is 3.76. The molecule has 0 bridgehead atoms. The quantitative estimate of drug-likeness (QED) is 0.725. The Balaban J connectivity index is 1.79. The molecule has 6 nitrogen and oxygen atoms in total. The highest BCUT2D eigenvalue weighted by Crippen LogP contribution is 2.24. The Morgan fingerprint density at radius 1 is 1.22 bits per heavy atom. The first-order valence-corrected chi connectivity index (χ1v) is 6.73. The Hall–Kier alpha value is -3.22. The Labute approximate surface area is 130 Å². The maximum atomic E-state index is 13.2. The van der Waals surface area contributed by atoms with Gasteiger partial charge in [0.25, 0.3) is 11.8 Å². The lowest BCUT2D eigenvalue weighted by molar-refractivity contribution is 0.102. The van der Waals surface area contributed by atoms with Crippen LogP contribution in [0.15, 0.2) is 47.0 Å². The van der Waals surface area contributed by atoms with Gasteiger partial charge in [0, 0.05) is 17.2 Å². The molecule has 7 heteroatoms. The van der Waals surface area contributed by atoms with Crippen molar-refractivity contribution in [2.45, 2.75) is 6.92 Å². The highest BCUT2D eigenvalue weighted by Gasteiger charge is 2.11. The first-order chi connectivity index (χ1) is 11.0. The molecule has 0 radical (unpaired) electrons. The van der Waals surface area contributed by atoms with Gasteiger partial charge >= 0.3 is 0 Å². The van der Waals surface area contributed by atoms with Crippen LogP contribution in [0.25, 0.3) is 11.5 Å². The van der Waals surface area contributed by atoms with Crippen LogP contribution in [-0.2, 0) is 0 Å². The maximum Gasteiger partial charge on any atom is 0.257 e. The SMILES string of the molecule is Cc1noc(-c2ccc(C(=O)Nc3cc(F)ccc3O)cc2)n1. The molecular weight excluding hydrogens is 301 g/mol. The summed E-state index contributed by atoms with van der Waals surface area (Å²) in [5.74, 6) is -0.363. The standard InChI is InChI=1S/C16H12FN3O3/c1-9-18-16(23-20-9)11-4-2-10(3-5-11)15(22)19-13-8-12(17)6-7-14(13)21/h2-8,21H,1H3,(H,19,22). The third-order valence-electron chi connectivity index (χ3n) is 3.13. The van der Waals surface area contributed by atoms with Gasteiger partial charge in [0.15, 0.2) is 5.82 Å². The van der Waals surface area contributed by atoms with Crippen molar-refractivity contribution in [1.82, 2.24) is 10.1 Å². The molecule has 2 N–H and O–H groups in total. The van der Waals surface area contributed by atoms with Crippen LogP contribution in [0.2, 0.25) is 0 Å². The summed E-state index contributed by atoms with van der Waals surface area (Å²) in [5, 5.41) is 15.8. The zero-order valence-corrected chi connectivity index (χ0v) is 12.1. The number of halogens is 1. The Morgan fingerprint density at radius 3 is 2.61 bits per heavy atom. The third-order valence-corrected chi connectivity index (χ3v) is 3.13. The summed E-state index contributed by atoms with van der Waals surface area (Å²) in [5.41, 5.74) is 1.02. The summed E-state index contributed by atoms with van der Waals surface area (Å²) in [7, 11) is 0. The van der Waals surface area contributed by atoms with Crippen LogP contribution >= 0.6 is 0 Å². The van der Waals surface area contributed by atoms with E-state index in [4.69, 9.17) is 4.52 Å². The summed E-state index contributed by atoms with van der Waals surface area (Å²) in [6.45, 7) is 1.71. The van der Waals surface area contributed by atoms with Crippen LogP contribution in [0, 0.1) is 12.7 Å². The minimum Gasteiger partial charge on any atom is -0.506 e. The van der Waals surface area contributed by atoms with Gasteiger partial charge in [0.2, 0.25) is 0 Å². The summed E-state index contributed by atoms with van der Waals surface area (Å²) >= 11 is 0. The normalized spacial score (nSPS) is 10.5. The lowest BCUT2D eigenvalue weighted by Gasteiger charge is -2.07. The fraction of sp³-hybridized carbons (Fsp3) is 0.0625. The lowest BCUT2D eigenvalue weighted by Crippen LogP contribution is -2.12. The second-order valence-corrected chi connectivity index (χ2v) is 4.84. The first kappa shape index (κ1) is 14.7. The Bertz CT molecular complexity index is 859. The molecule has 116 valence electrons. The van der Waals surface area contributed by atoms with Crippen molar-refractivity contribution in [3.63, 3.8) is 0 Å². The largest absolute Gasteiger partial charge is 0.506 e. The van der Waals surface area contributed by atoms with E-state index < -0.39 is 11.7 Å². The van der Waals surface area contributed by atoms with Crippen molar-refractivity contribution < 1.29 is 18.8 Å². The van der Waals surface area contributed by atoms with Crippen molar-refractivity contribution in [2.75, 3.05) is 5.32 Å². The van der Waals surface area contributed by atoms with Crippen molar-refractivity contribution in [1.29, 1.82) is 0 Å². The van der Waals surface area contributed by atoms with Gasteiger partial charge in [-0.2, -0.15) is 4.98 Å². The monoisotopic (exact) mass is 313 g/mol. The van der Waals surface area contributed by atoms with Crippen molar-refractivity contribution >= 4 is 11.6 Å². The number of hydrogen-bond acceptors (Lipinski definition) is 5. The molecule has 1 heterocycles. The molecule has 1 aromatic heterocycles. The molecule has 0 fully saturated rings. The summed E-state index contributed by atoms with van der Waals surface area (Å²) in [6, 6.07) is 9.78. The van der Waals surface area contributed by atoms with E-state index in [2.05, 4.69) is 15.5 Å². The number of anilines is 1. The predicted octanol–water partition coefficient (Wildman–Crippen LogP) is 3.14. The minimum absolute atomic E-state index is 0.00611. The van der Waals surface area contributed by atoms with E-state index in [9.17, 15) is 14.3 Å². The number of phenolic OH excluding ortho intramolecular Hbond substituents is 1. The van der Waals surface area contributed by atoms with Crippen LogP contribution in [0.1, 0.15) is 16.2 Å². The van der Waals surface area contributed by atoms with Crippen LogP contribution < -0.4 is 5.32 Å². The van der Waals surface area contributed by atoms with E-state index in [1.807, 2.05) is 0 Å².